The van der Waals surface area contributed by atoms with Gasteiger partial charge in [-0.25, -0.2) is 4.98 Å². The molecule has 0 spiro atoms. The third-order valence-corrected chi connectivity index (χ3v) is 1.48. The zero-order valence-corrected chi connectivity index (χ0v) is 7.76. The third kappa shape index (κ3) is 2.23. The van der Waals surface area contributed by atoms with Gasteiger partial charge in [0.1, 0.15) is 10.8 Å². The molecule has 0 fully saturated rings. The summed E-state index contributed by atoms with van der Waals surface area (Å²) in [6, 6.07) is 0.283. The van der Waals surface area contributed by atoms with Crippen molar-refractivity contribution in [1.82, 2.24) is 9.97 Å². The molecule has 1 aromatic heterocycles. The lowest BCUT2D eigenvalue weighted by Crippen LogP contribution is -2.13. The molecule has 0 unspecified atom stereocenters. The van der Waals surface area contributed by atoms with Crippen LogP contribution < -0.4 is 11.1 Å². The molecule has 0 amide bonds. The van der Waals surface area contributed by atoms with Crippen molar-refractivity contribution >= 4 is 23.4 Å². The summed E-state index contributed by atoms with van der Waals surface area (Å²) in [5.74, 6) is 0.807. The number of aromatic nitrogens is 2. The lowest BCUT2D eigenvalue weighted by Gasteiger charge is -2.07. The second-order valence-electron chi connectivity index (χ2n) is 2.73. The fourth-order valence-electron chi connectivity index (χ4n) is 0.708. The summed E-state index contributed by atoms with van der Waals surface area (Å²) in [5, 5.41) is 3.39. The van der Waals surface area contributed by atoms with E-state index in [0.717, 1.165) is 0 Å². The van der Waals surface area contributed by atoms with Crippen molar-refractivity contribution in [2.24, 2.45) is 0 Å². The largest absolute Gasteiger partial charge is 0.382 e. The molecule has 0 radical (unpaired) electrons. The van der Waals surface area contributed by atoms with Gasteiger partial charge in [0.05, 0.1) is 6.20 Å². The topological polar surface area (TPSA) is 63.8 Å². The predicted octanol–water partition coefficient (Wildman–Crippen LogP) is 1.53. The van der Waals surface area contributed by atoms with Crippen LogP contribution in [0.5, 0.6) is 0 Å². The quantitative estimate of drug-likeness (QED) is 0.736. The first-order valence-electron chi connectivity index (χ1n) is 3.64. The van der Waals surface area contributed by atoms with Crippen LogP contribution in [0, 0.1) is 0 Å². The maximum absolute atomic E-state index is 5.64. The summed E-state index contributed by atoms with van der Waals surface area (Å²) in [5.41, 5.74) is 5.47. The standard InChI is InChI=1S/C7H11ClN4/c1-4(2)11-7-10-3-5(8)6(9)12-7/h3-4H,1-2H3,(H3,9,10,11,12). The summed E-state index contributed by atoms with van der Waals surface area (Å²) < 4.78 is 0. The Kier molecular flexibility index (Phi) is 2.70. The predicted molar refractivity (Wildman–Crippen MR) is 50.2 cm³/mol. The Morgan fingerprint density at radius 3 is 2.75 bits per heavy atom. The first-order valence-corrected chi connectivity index (χ1v) is 4.02. The third-order valence-electron chi connectivity index (χ3n) is 1.19. The van der Waals surface area contributed by atoms with Crippen LogP contribution in [0.25, 0.3) is 0 Å². The summed E-state index contributed by atoms with van der Waals surface area (Å²) in [4.78, 5) is 7.88. The molecule has 12 heavy (non-hydrogen) atoms. The number of nitrogens with zero attached hydrogens (tertiary/aromatic N) is 2. The van der Waals surface area contributed by atoms with Crippen molar-refractivity contribution in [3.8, 4) is 0 Å². The van der Waals surface area contributed by atoms with E-state index in [-0.39, 0.29) is 6.04 Å². The monoisotopic (exact) mass is 186 g/mol. The molecule has 1 rings (SSSR count). The summed E-state index contributed by atoms with van der Waals surface area (Å²) >= 11 is 5.64. The lowest BCUT2D eigenvalue weighted by molar-refractivity contribution is 0.875. The Labute approximate surface area is 76.2 Å². The second-order valence-corrected chi connectivity index (χ2v) is 3.13. The van der Waals surface area contributed by atoms with Crippen molar-refractivity contribution in [1.29, 1.82) is 0 Å². The molecule has 0 bridgehead atoms. The Balaban J connectivity index is 2.82. The number of halogens is 1. The van der Waals surface area contributed by atoms with E-state index in [1.807, 2.05) is 13.8 Å². The van der Waals surface area contributed by atoms with Crippen molar-refractivity contribution in [3.63, 3.8) is 0 Å². The van der Waals surface area contributed by atoms with Gasteiger partial charge < -0.3 is 11.1 Å². The van der Waals surface area contributed by atoms with Crippen LogP contribution in [-0.4, -0.2) is 16.0 Å². The maximum atomic E-state index is 5.64. The average Bonchev–Trinajstić information content (AvgIpc) is 1.96. The molecule has 0 aliphatic carbocycles. The molecule has 0 aromatic carbocycles. The fourth-order valence-corrected chi connectivity index (χ4v) is 0.799. The molecular weight excluding hydrogens is 176 g/mol. The zero-order valence-electron chi connectivity index (χ0n) is 7.00. The van der Waals surface area contributed by atoms with Gasteiger partial charge in [0.15, 0.2) is 0 Å². The molecule has 4 nitrogen and oxygen atoms in total. The Hall–Kier alpha value is -1.03. The minimum atomic E-state index is 0.283. The van der Waals surface area contributed by atoms with Crippen molar-refractivity contribution in [2.45, 2.75) is 19.9 Å². The zero-order chi connectivity index (χ0) is 9.14. The van der Waals surface area contributed by atoms with Gasteiger partial charge in [-0.3, -0.25) is 0 Å². The molecule has 66 valence electrons. The number of nitrogens with two attached hydrogens (primary N) is 1. The average molecular weight is 187 g/mol. The van der Waals surface area contributed by atoms with Crippen molar-refractivity contribution < 1.29 is 0 Å². The van der Waals surface area contributed by atoms with Crippen LogP contribution in [0.3, 0.4) is 0 Å². The molecular formula is C7H11ClN4. The van der Waals surface area contributed by atoms with E-state index in [1.165, 1.54) is 6.20 Å². The molecule has 0 aliphatic rings. The van der Waals surface area contributed by atoms with E-state index in [4.69, 9.17) is 17.3 Å². The van der Waals surface area contributed by atoms with Gasteiger partial charge in [-0.05, 0) is 13.8 Å². The first kappa shape index (κ1) is 9.06. The summed E-state index contributed by atoms with van der Waals surface area (Å²) in [6.45, 7) is 3.99. The highest BCUT2D eigenvalue weighted by Crippen LogP contribution is 2.15. The lowest BCUT2D eigenvalue weighted by atomic mass is 10.4. The van der Waals surface area contributed by atoms with Crippen LogP contribution in [0.15, 0.2) is 6.20 Å². The number of nitrogens with one attached hydrogen (secondary N) is 1. The number of anilines is 2. The number of hydrogen-bond acceptors (Lipinski definition) is 4. The van der Waals surface area contributed by atoms with Gasteiger partial charge in [0.25, 0.3) is 0 Å². The van der Waals surface area contributed by atoms with E-state index in [2.05, 4.69) is 15.3 Å². The summed E-state index contributed by atoms with van der Waals surface area (Å²) in [7, 11) is 0. The highest BCUT2D eigenvalue weighted by Gasteiger charge is 2.01. The van der Waals surface area contributed by atoms with E-state index < -0.39 is 0 Å². The van der Waals surface area contributed by atoms with Crippen LogP contribution >= 0.6 is 11.6 Å². The number of nitrogen functional groups attached to an aromatic ring is 1. The first-order chi connectivity index (χ1) is 5.59. The van der Waals surface area contributed by atoms with Crippen molar-refractivity contribution in [2.75, 3.05) is 11.1 Å². The minimum absolute atomic E-state index is 0.283. The Morgan fingerprint density at radius 1 is 1.58 bits per heavy atom. The number of hydrogen-bond donors (Lipinski definition) is 2. The molecule has 3 N–H and O–H groups in total. The highest BCUT2D eigenvalue weighted by molar-refractivity contribution is 6.32. The molecule has 0 saturated heterocycles. The Morgan fingerprint density at radius 2 is 2.25 bits per heavy atom. The van der Waals surface area contributed by atoms with Gasteiger partial charge in [-0.15, -0.1) is 0 Å². The minimum Gasteiger partial charge on any atom is -0.382 e. The molecule has 5 heteroatoms. The van der Waals surface area contributed by atoms with E-state index >= 15 is 0 Å². The Bertz CT molecular complexity index is 274. The normalized spacial score (nSPS) is 10.3. The van der Waals surface area contributed by atoms with E-state index in [1.54, 1.807) is 0 Å². The van der Waals surface area contributed by atoms with Crippen LogP contribution in [0.1, 0.15) is 13.8 Å². The van der Waals surface area contributed by atoms with Crippen LogP contribution in [-0.2, 0) is 0 Å². The van der Waals surface area contributed by atoms with Gasteiger partial charge in [-0.2, -0.15) is 4.98 Å². The van der Waals surface area contributed by atoms with Gasteiger partial charge >= 0.3 is 0 Å². The molecule has 1 heterocycles. The second kappa shape index (κ2) is 3.58. The maximum Gasteiger partial charge on any atom is 0.224 e. The van der Waals surface area contributed by atoms with Crippen LogP contribution in [0.4, 0.5) is 11.8 Å². The smallest absolute Gasteiger partial charge is 0.224 e. The van der Waals surface area contributed by atoms with Gasteiger partial charge in [0, 0.05) is 6.04 Å². The highest BCUT2D eigenvalue weighted by atomic mass is 35.5. The van der Waals surface area contributed by atoms with Gasteiger partial charge in [0.2, 0.25) is 5.95 Å². The van der Waals surface area contributed by atoms with E-state index in [9.17, 15) is 0 Å². The van der Waals surface area contributed by atoms with Crippen molar-refractivity contribution in [3.05, 3.63) is 11.2 Å². The van der Waals surface area contributed by atoms with Gasteiger partial charge in [-0.1, -0.05) is 11.6 Å². The number of rotatable bonds is 2. The van der Waals surface area contributed by atoms with Crippen LogP contribution in [0.2, 0.25) is 5.02 Å². The fraction of sp³-hybridized carbons (Fsp3) is 0.429. The molecule has 0 atom stereocenters. The molecule has 1 aromatic rings. The SMILES string of the molecule is CC(C)Nc1ncc(Cl)c(N)n1. The molecule has 0 saturated carbocycles. The van der Waals surface area contributed by atoms with E-state index in [0.29, 0.717) is 16.8 Å². The summed E-state index contributed by atoms with van der Waals surface area (Å²) in [6.07, 6.45) is 1.48. The molecule has 0 aliphatic heterocycles.